The molecule has 4 heteroatoms. The Labute approximate surface area is 125 Å². The maximum atomic E-state index is 6.13. The van der Waals surface area contributed by atoms with Gasteiger partial charge in [-0.05, 0) is 44.5 Å². The molecular formula is C16H23N3S. The first kappa shape index (κ1) is 15.1. The number of hydrogen-bond acceptors (Lipinski definition) is 4. The molecule has 0 saturated carbocycles. The Morgan fingerprint density at radius 3 is 2.85 bits per heavy atom. The number of nitrogen functional groups attached to an aromatic ring is 1. The van der Waals surface area contributed by atoms with Crippen LogP contribution in [0.25, 0.3) is 10.9 Å². The summed E-state index contributed by atoms with van der Waals surface area (Å²) in [4.78, 5) is 7.05. The molecule has 0 bridgehead atoms. The summed E-state index contributed by atoms with van der Waals surface area (Å²) in [5.41, 5.74) is 8.96. The highest BCUT2D eigenvalue weighted by Crippen LogP contribution is 2.21. The Morgan fingerprint density at radius 2 is 2.10 bits per heavy atom. The van der Waals surface area contributed by atoms with Crippen LogP contribution in [0.2, 0.25) is 0 Å². The van der Waals surface area contributed by atoms with Gasteiger partial charge in [0.2, 0.25) is 0 Å². The lowest BCUT2D eigenvalue weighted by atomic mass is 10.1. The summed E-state index contributed by atoms with van der Waals surface area (Å²) in [6.45, 7) is 3.10. The van der Waals surface area contributed by atoms with Crippen LogP contribution in [0.1, 0.15) is 19.0 Å². The van der Waals surface area contributed by atoms with Gasteiger partial charge in [-0.2, -0.15) is 11.8 Å². The number of rotatable bonds is 6. The number of thioether (sulfide) groups is 1. The lowest BCUT2D eigenvalue weighted by Crippen LogP contribution is -2.29. The molecular weight excluding hydrogens is 266 g/mol. The topological polar surface area (TPSA) is 42.1 Å². The monoisotopic (exact) mass is 289 g/mol. The maximum absolute atomic E-state index is 6.13. The number of anilines is 1. The fraction of sp³-hybridized carbons (Fsp3) is 0.438. The number of nitrogens with two attached hydrogens (primary N) is 1. The maximum Gasteiger partial charge on any atom is 0.0726 e. The van der Waals surface area contributed by atoms with Gasteiger partial charge in [0.1, 0.15) is 0 Å². The van der Waals surface area contributed by atoms with Gasteiger partial charge in [-0.15, -0.1) is 0 Å². The highest BCUT2D eigenvalue weighted by Gasteiger charge is 2.11. The number of fused-ring (bicyclic) bond motifs is 1. The smallest absolute Gasteiger partial charge is 0.0726 e. The van der Waals surface area contributed by atoms with Crippen molar-refractivity contribution in [3.63, 3.8) is 0 Å². The van der Waals surface area contributed by atoms with Crippen LogP contribution < -0.4 is 5.73 Å². The Morgan fingerprint density at radius 1 is 1.35 bits per heavy atom. The van der Waals surface area contributed by atoms with E-state index in [0.29, 0.717) is 6.04 Å². The lowest BCUT2D eigenvalue weighted by Gasteiger charge is -2.24. The SMILES string of the molecule is CSCCC(C)N(C)Cc1cc(N)c2ccccc2n1. The van der Waals surface area contributed by atoms with Crippen LogP contribution in [-0.4, -0.2) is 35.0 Å². The largest absolute Gasteiger partial charge is 0.398 e. The average Bonchev–Trinajstić information content (AvgIpc) is 2.44. The van der Waals surface area contributed by atoms with Crippen molar-refractivity contribution in [1.29, 1.82) is 0 Å². The molecule has 3 nitrogen and oxygen atoms in total. The van der Waals surface area contributed by atoms with E-state index in [1.807, 2.05) is 42.1 Å². The van der Waals surface area contributed by atoms with E-state index in [2.05, 4.69) is 25.1 Å². The van der Waals surface area contributed by atoms with Gasteiger partial charge in [-0.25, -0.2) is 0 Å². The predicted molar refractivity (Wildman–Crippen MR) is 90.1 cm³/mol. The zero-order valence-corrected chi connectivity index (χ0v) is 13.3. The minimum absolute atomic E-state index is 0.553. The van der Waals surface area contributed by atoms with Crippen molar-refractivity contribution in [3.8, 4) is 0 Å². The van der Waals surface area contributed by atoms with Crippen molar-refractivity contribution in [2.24, 2.45) is 0 Å². The second kappa shape index (κ2) is 6.95. The molecule has 0 aliphatic rings. The van der Waals surface area contributed by atoms with Crippen molar-refractivity contribution >= 4 is 28.4 Å². The summed E-state index contributed by atoms with van der Waals surface area (Å²) in [5.74, 6) is 1.19. The Hall–Kier alpha value is -1.26. The van der Waals surface area contributed by atoms with Crippen LogP contribution in [0.3, 0.4) is 0 Å². The molecule has 20 heavy (non-hydrogen) atoms. The molecule has 0 aliphatic heterocycles. The molecule has 1 aromatic heterocycles. The van der Waals surface area contributed by atoms with Crippen LogP contribution in [0.5, 0.6) is 0 Å². The number of hydrogen-bond donors (Lipinski definition) is 1. The third kappa shape index (κ3) is 3.64. The summed E-state index contributed by atoms with van der Waals surface area (Å²) in [7, 11) is 2.15. The standard InChI is InChI=1S/C16H23N3S/c1-12(8-9-20-3)19(2)11-13-10-15(17)14-6-4-5-7-16(14)18-13/h4-7,10,12H,8-9,11H2,1-3H3,(H2,17,18). The van der Waals surface area contributed by atoms with Crippen molar-refractivity contribution in [3.05, 3.63) is 36.0 Å². The van der Waals surface area contributed by atoms with Crippen LogP contribution >= 0.6 is 11.8 Å². The van der Waals surface area contributed by atoms with Gasteiger partial charge in [-0.1, -0.05) is 18.2 Å². The molecule has 0 radical (unpaired) electrons. The van der Waals surface area contributed by atoms with Gasteiger partial charge >= 0.3 is 0 Å². The van der Waals surface area contributed by atoms with E-state index < -0.39 is 0 Å². The summed E-state index contributed by atoms with van der Waals surface area (Å²) >= 11 is 1.90. The van der Waals surface area contributed by atoms with E-state index in [9.17, 15) is 0 Å². The van der Waals surface area contributed by atoms with Crippen LogP contribution in [-0.2, 0) is 6.54 Å². The van der Waals surface area contributed by atoms with E-state index in [0.717, 1.165) is 28.8 Å². The van der Waals surface area contributed by atoms with Crippen LogP contribution in [0, 0.1) is 0 Å². The highest BCUT2D eigenvalue weighted by atomic mass is 32.2. The molecule has 2 rings (SSSR count). The summed E-state index contributed by atoms with van der Waals surface area (Å²) in [6, 6.07) is 10.6. The number of para-hydroxylation sites is 1. The normalized spacial score (nSPS) is 13.0. The van der Waals surface area contributed by atoms with Crippen molar-refractivity contribution in [2.75, 3.05) is 24.8 Å². The van der Waals surface area contributed by atoms with Crippen molar-refractivity contribution in [1.82, 2.24) is 9.88 Å². The van der Waals surface area contributed by atoms with E-state index in [4.69, 9.17) is 10.7 Å². The van der Waals surface area contributed by atoms with Crippen molar-refractivity contribution < 1.29 is 0 Å². The number of aromatic nitrogens is 1. The summed E-state index contributed by atoms with van der Waals surface area (Å²) in [6.07, 6.45) is 3.35. The van der Waals surface area contributed by atoms with E-state index in [-0.39, 0.29) is 0 Å². The first-order chi connectivity index (χ1) is 9.61. The fourth-order valence-electron chi connectivity index (χ4n) is 2.26. The minimum atomic E-state index is 0.553. The molecule has 2 aromatic rings. The van der Waals surface area contributed by atoms with Crippen LogP contribution in [0.15, 0.2) is 30.3 Å². The van der Waals surface area contributed by atoms with E-state index in [1.165, 1.54) is 12.2 Å². The van der Waals surface area contributed by atoms with Crippen molar-refractivity contribution in [2.45, 2.75) is 25.9 Å². The molecule has 1 unspecified atom stereocenters. The number of nitrogens with zero attached hydrogens (tertiary/aromatic N) is 2. The molecule has 0 amide bonds. The van der Waals surface area contributed by atoms with Gasteiger partial charge in [-0.3, -0.25) is 9.88 Å². The molecule has 0 aliphatic carbocycles. The minimum Gasteiger partial charge on any atom is -0.398 e. The van der Waals surface area contributed by atoms with Gasteiger partial charge in [0.15, 0.2) is 0 Å². The van der Waals surface area contributed by atoms with E-state index >= 15 is 0 Å². The zero-order chi connectivity index (χ0) is 14.5. The number of pyridine rings is 1. The molecule has 2 N–H and O–H groups in total. The van der Waals surface area contributed by atoms with Gasteiger partial charge in [0, 0.05) is 23.7 Å². The van der Waals surface area contributed by atoms with Gasteiger partial charge in [0.05, 0.1) is 11.2 Å². The van der Waals surface area contributed by atoms with Crippen LogP contribution in [0.4, 0.5) is 5.69 Å². The molecule has 1 atom stereocenters. The van der Waals surface area contributed by atoms with Gasteiger partial charge < -0.3 is 5.73 Å². The second-order valence-corrected chi connectivity index (χ2v) is 6.25. The summed E-state index contributed by atoms with van der Waals surface area (Å²) in [5, 5.41) is 1.04. The summed E-state index contributed by atoms with van der Waals surface area (Å²) < 4.78 is 0. The quantitative estimate of drug-likeness (QED) is 0.885. The molecule has 1 aromatic carbocycles. The molecule has 0 spiro atoms. The number of benzene rings is 1. The van der Waals surface area contributed by atoms with E-state index in [1.54, 1.807) is 0 Å². The molecule has 0 saturated heterocycles. The first-order valence-corrected chi connectivity index (χ1v) is 8.34. The zero-order valence-electron chi connectivity index (χ0n) is 12.5. The molecule has 108 valence electrons. The Balaban J connectivity index is 2.13. The lowest BCUT2D eigenvalue weighted by molar-refractivity contribution is 0.242. The third-order valence-electron chi connectivity index (χ3n) is 3.70. The molecule has 0 fully saturated rings. The highest BCUT2D eigenvalue weighted by molar-refractivity contribution is 7.98. The first-order valence-electron chi connectivity index (χ1n) is 6.95. The second-order valence-electron chi connectivity index (χ2n) is 5.27. The predicted octanol–water partition coefficient (Wildman–Crippen LogP) is 3.39. The third-order valence-corrected chi connectivity index (χ3v) is 4.35. The molecule has 1 heterocycles. The fourth-order valence-corrected chi connectivity index (χ4v) is 2.84. The van der Waals surface area contributed by atoms with Gasteiger partial charge in [0.25, 0.3) is 0 Å². The average molecular weight is 289 g/mol. The Bertz CT molecular complexity index is 571. The Kier molecular flexibility index (Phi) is 5.26.